The molecule has 1 aliphatic rings. The van der Waals surface area contributed by atoms with Gasteiger partial charge in [-0.15, -0.1) is 0 Å². The zero-order valence-electron chi connectivity index (χ0n) is 14.8. The average molecular weight is 244 g/mol. The monoisotopic (exact) mass is 243 g/mol. The number of halogens is 1. The van der Waals surface area contributed by atoms with Crippen LogP contribution in [0.5, 0.6) is 0 Å². The molecule has 0 spiro atoms. The molecule has 0 aliphatic heterocycles. The maximum Gasteiger partial charge on any atom is 0.157 e. The van der Waals surface area contributed by atoms with Crippen LogP contribution in [0.15, 0.2) is 24.3 Å². The smallest absolute Gasteiger partial charge is 0.157 e. The first-order chi connectivity index (χ1) is 9.95. The fraction of sp³-hybridized carbons (Fsp3) is 0.462. The molecular weight excluding hydrogens is 222 g/mol. The van der Waals surface area contributed by atoms with Crippen LogP contribution in [-0.2, 0) is 10.3 Å². The molecule has 1 aromatic rings. The summed E-state index contributed by atoms with van der Waals surface area (Å²) in [7, 11) is 1.34. The van der Waals surface area contributed by atoms with E-state index in [-0.39, 0.29) is 10.6 Å². The summed E-state index contributed by atoms with van der Waals surface area (Å²) < 4.78 is 48.0. The van der Waals surface area contributed by atoms with Crippen molar-refractivity contribution in [1.29, 1.82) is 0 Å². The highest BCUT2D eigenvalue weighted by atomic mass is 35.5. The van der Waals surface area contributed by atoms with Gasteiger partial charge in [0.1, 0.15) is 5.54 Å². The lowest BCUT2D eigenvalue weighted by molar-refractivity contribution is -0.127. The normalized spacial score (nSPS) is 40.8. The SMILES string of the molecule is [2H]C1([2H])CC(=O)[C@](NC)(c2ccccc2Cl)C([2H])([2H])C1([2H])[2H]. The molecular formula is C13H16ClNO. The van der Waals surface area contributed by atoms with Crippen molar-refractivity contribution < 1.29 is 13.0 Å². The molecule has 1 aliphatic carbocycles. The van der Waals surface area contributed by atoms with Crippen LogP contribution in [0.4, 0.5) is 0 Å². The Hall–Kier alpha value is -0.860. The van der Waals surface area contributed by atoms with Gasteiger partial charge in [-0.2, -0.15) is 0 Å². The third kappa shape index (κ3) is 1.76. The summed E-state index contributed by atoms with van der Waals surface area (Å²) >= 11 is 6.11. The van der Waals surface area contributed by atoms with Crippen molar-refractivity contribution in [2.45, 2.75) is 31.1 Å². The molecule has 3 heteroatoms. The average Bonchev–Trinajstić information content (AvgIpc) is 2.39. The number of ketones is 1. The van der Waals surface area contributed by atoms with Crippen molar-refractivity contribution in [3.63, 3.8) is 0 Å². The molecule has 0 heterocycles. The molecule has 1 fully saturated rings. The number of hydrogen-bond acceptors (Lipinski definition) is 2. The number of likely N-dealkylation sites (N-methyl/N-ethyl adjacent to an activating group) is 1. The zero-order valence-corrected chi connectivity index (χ0v) is 9.56. The van der Waals surface area contributed by atoms with E-state index in [0.717, 1.165) is 0 Å². The van der Waals surface area contributed by atoms with Gasteiger partial charge in [-0.05, 0) is 31.4 Å². The van der Waals surface area contributed by atoms with Gasteiger partial charge in [0.25, 0.3) is 0 Å². The van der Waals surface area contributed by atoms with E-state index in [4.69, 9.17) is 19.8 Å². The molecule has 0 amide bonds. The first-order valence-electron chi connectivity index (χ1n) is 7.93. The third-order valence-electron chi connectivity index (χ3n) is 2.66. The van der Waals surface area contributed by atoms with Crippen LogP contribution in [0.1, 0.15) is 39.3 Å². The lowest BCUT2D eigenvalue weighted by atomic mass is 9.75. The van der Waals surface area contributed by atoms with Gasteiger partial charge >= 0.3 is 0 Å². The number of carbonyl (C=O) groups excluding carboxylic acids is 1. The highest BCUT2D eigenvalue weighted by Crippen LogP contribution is 2.37. The molecule has 2 rings (SSSR count). The maximum atomic E-state index is 12.7. The predicted molar refractivity (Wildman–Crippen MR) is 65.7 cm³/mol. The topological polar surface area (TPSA) is 29.1 Å². The summed E-state index contributed by atoms with van der Waals surface area (Å²) in [5, 5.41) is 2.71. The Morgan fingerprint density at radius 2 is 2.19 bits per heavy atom. The standard InChI is InChI=1S/C13H16ClNO/c1-15-13(9-5-4-8-12(13)16)10-6-2-3-7-11(10)14/h2-3,6-7,15H,4-5,8-9H2,1H3/t13-/m1/s1/i4D2,5D2,9D2. The van der Waals surface area contributed by atoms with Crippen molar-refractivity contribution in [1.82, 2.24) is 5.32 Å². The molecule has 0 radical (unpaired) electrons. The fourth-order valence-corrected chi connectivity index (χ4v) is 2.06. The Kier molecular flexibility index (Phi) is 1.76. The summed E-state index contributed by atoms with van der Waals surface area (Å²) in [6.07, 6.45) is -9.10. The van der Waals surface area contributed by atoms with Gasteiger partial charge in [0.15, 0.2) is 5.78 Å². The lowest BCUT2D eigenvalue weighted by Crippen LogP contribution is -2.49. The molecule has 0 saturated heterocycles. The minimum atomic E-state index is -2.89. The Morgan fingerprint density at radius 3 is 2.88 bits per heavy atom. The molecule has 1 aromatic carbocycles. The molecule has 1 saturated carbocycles. The van der Waals surface area contributed by atoms with E-state index < -0.39 is 36.9 Å². The number of rotatable bonds is 2. The van der Waals surface area contributed by atoms with E-state index in [1.165, 1.54) is 19.2 Å². The highest BCUT2D eigenvalue weighted by molar-refractivity contribution is 6.31. The van der Waals surface area contributed by atoms with Gasteiger partial charge in [-0.25, -0.2) is 0 Å². The van der Waals surface area contributed by atoms with E-state index in [0.29, 0.717) is 0 Å². The van der Waals surface area contributed by atoms with Gasteiger partial charge in [0.05, 0.1) is 0 Å². The minimum Gasteiger partial charge on any atom is -0.304 e. The third-order valence-corrected chi connectivity index (χ3v) is 2.99. The maximum absolute atomic E-state index is 12.7. The number of carbonyl (C=O) groups is 1. The van der Waals surface area contributed by atoms with Crippen LogP contribution in [-0.4, -0.2) is 12.8 Å². The van der Waals surface area contributed by atoms with Gasteiger partial charge in [-0.1, -0.05) is 36.2 Å². The Labute approximate surface area is 109 Å². The molecule has 1 atom stereocenters. The fourth-order valence-electron chi connectivity index (χ4n) is 1.78. The molecule has 2 nitrogen and oxygen atoms in total. The Balaban J connectivity index is 2.80. The van der Waals surface area contributed by atoms with Crippen molar-refractivity contribution in [2.75, 3.05) is 7.05 Å². The van der Waals surface area contributed by atoms with Gasteiger partial charge in [0.2, 0.25) is 0 Å². The van der Waals surface area contributed by atoms with Crippen LogP contribution < -0.4 is 5.32 Å². The van der Waals surface area contributed by atoms with Gasteiger partial charge < -0.3 is 5.32 Å². The van der Waals surface area contributed by atoms with E-state index in [2.05, 4.69) is 5.32 Å². The molecule has 1 N–H and O–H groups in total. The number of Topliss-reactive ketones (excluding diaryl/α,β-unsaturated/α-hetero) is 1. The lowest BCUT2D eigenvalue weighted by Gasteiger charge is -2.36. The van der Waals surface area contributed by atoms with Crippen molar-refractivity contribution in [3.05, 3.63) is 34.9 Å². The molecule has 16 heavy (non-hydrogen) atoms. The predicted octanol–water partition coefficient (Wildman–Crippen LogP) is 2.90. The summed E-state index contributed by atoms with van der Waals surface area (Å²) in [5.41, 5.74) is -1.95. The van der Waals surface area contributed by atoms with E-state index in [1.807, 2.05) is 0 Å². The Bertz CT molecular complexity index is 620. The largest absolute Gasteiger partial charge is 0.304 e. The Morgan fingerprint density at radius 1 is 1.44 bits per heavy atom. The van der Waals surface area contributed by atoms with Crippen LogP contribution in [0.3, 0.4) is 0 Å². The second kappa shape index (κ2) is 4.56. The van der Waals surface area contributed by atoms with Crippen molar-refractivity contribution >= 4 is 17.4 Å². The number of nitrogens with one attached hydrogen (secondary N) is 1. The van der Waals surface area contributed by atoms with Gasteiger partial charge in [0, 0.05) is 19.7 Å². The summed E-state index contributed by atoms with van der Waals surface area (Å²) in [6, 6.07) is 6.12. The van der Waals surface area contributed by atoms with Gasteiger partial charge in [-0.3, -0.25) is 4.79 Å². The van der Waals surface area contributed by atoms with E-state index in [1.54, 1.807) is 12.1 Å². The quantitative estimate of drug-likeness (QED) is 0.866. The second-order valence-electron chi connectivity index (χ2n) is 3.51. The summed E-state index contributed by atoms with van der Waals surface area (Å²) in [4.78, 5) is 12.7. The molecule has 0 bridgehead atoms. The van der Waals surface area contributed by atoms with Crippen molar-refractivity contribution in [3.8, 4) is 0 Å². The van der Waals surface area contributed by atoms with Crippen LogP contribution in [0.2, 0.25) is 5.02 Å². The minimum absolute atomic E-state index is 0.105. The summed E-state index contributed by atoms with van der Waals surface area (Å²) in [5.74, 6) is -0.770. The second-order valence-corrected chi connectivity index (χ2v) is 3.91. The van der Waals surface area contributed by atoms with Crippen LogP contribution >= 0.6 is 11.6 Å². The van der Waals surface area contributed by atoms with Crippen LogP contribution in [0, 0.1) is 0 Å². The first-order valence-corrected chi connectivity index (χ1v) is 5.31. The molecule has 0 aromatic heterocycles. The number of hydrogen-bond donors (Lipinski definition) is 1. The number of benzene rings is 1. The molecule has 0 unspecified atom stereocenters. The zero-order chi connectivity index (χ0) is 17.0. The summed E-state index contributed by atoms with van der Waals surface area (Å²) in [6.45, 7) is 0. The highest BCUT2D eigenvalue weighted by Gasteiger charge is 2.40. The van der Waals surface area contributed by atoms with E-state index in [9.17, 15) is 4.79 Å². The first kappa shape index (κ1) is 6.18. The van der Waals surface area contributed by atoms with Crippen LogP contribution in [0.25, 0.3) is 0 Å². The van der Waals surface area contributed by atoms with Crippen molar-refractivity contribution in [2.24, 2.45) is 0 Å². The molecule has 86 valence electrons. The van der Waals surface area contributed by atoms with E-state index >= 15 is 0 Å².